The molecule has 0 aliphatic rings. The van der Waals surface area contributed by atoms with E-state index in [-0.39, 0.29) is 5.96 Å². The molecule has 0 unspecified atom stereocenters. The van der Waals surface area contributed by atoms with Gasteiger partial charge in [0, 0.05) is 17.1 Å². The second-order valence-corrected chi connectivity index (χ2v) is 4.32. The zero-order valence-corrected chi connectivity index (χ0v) is 11.0. The smallest absolute Gasteiger partial charge is 0.232 e. The van der Waals surface area contributed by atoms with Crippen molar-refractivity contribution in [3.8, 4) is 17.6 Å². The lowest BCUT2D eigenvalue weighted by Crippen LogP contribution is -2.21. The molecule has 0 spiro atoms. The second-order valence-electron chi connectivity index (χ2n) is 3.59. The lowest BCUT2D eigenvalue weighted by Gasteiger charge is -2.08. The summed E-state index contributed by atoms with van der Waals surface area (Å²) in [5.41, 5.74) is 11.8. The van der Waals surface area contributed by atoms with E-state index in [2.05, 4.69) is 14.3 Å². The molecule has 2 aromatic rings. The first-order valence-electron chi connectivity index (χ1n) is 5.37. The van der Waals surface area contributed by atoms with Crippen molar-refractivity contribution in [3.05, 3.63) is 24.3 Å². The Kier molecular flexibility index (Phi) is 3.88. The van der Waals surface area contributed by atoms with Crippen molar-refractivity contribution in [1.29, 1.82) is 10.7 Å². The molecule has 20 heavy (non-hydrogen) atoms. The molecule has 0 aliphatic carbocycles. The fourth-order valence-corrected chi connectivity index (χ4v) is 2.03. The number of nitrogens with one attached hydrogen (secondary N) is 1. The minimum absolute atomic E-state index is 0.0825. The average molecular weight is 286 g/mol. The van der Waals surface area contributed by atoms with Crippen LogP contribution in [0.4, 0.5) is 10.8 Å². The number of hydrogen-bond donors (Lipinski definition) is 3. The zero-order valence-electron chi connectivity index (χ0n) is 10.2. The van der Waals surface area contributed by atoms with Gasteiger partial charge in [-0.1, -0.05) is 12.1 Å². The van der Waals surface area contributed by atoms with Crippen LogP contribution in [0, 0.1) is 16.9 Å². The number of guanidine groups is 1. The van der Waals surface area contributed by atoms with Gasteiger partial charge in [-0.3, -0.25) is 5.41 Å². The summed E-state index contributed by atoms with van der Waals surface area (Å²) in [5, 5.41) is 16.4. The van der Waals surface area contributed by atoms with Crippen LogP contribution in [0.2, 0.25) is 0 Å². The highest BCUT2D eigenvalue weighted by molar-refractivity contribution is 7.09. The molecule has 0 atom stereocenters. The maximum atomic E-state index is 8.89. The van der Waals surface area contributed by atoms with Crippen LogP contribution in [0.25, 0.3) is 11.4 Å². The van der Waals surface area contributed by atoms with Crippen LogP contribution in [0.5, 0.6) is 0 Å². The van der Waals surface area contributed by atoms with E-state index in [9.17, 15) is 0 Å². The first kappa shape index (κ1) is 13.4. The fraction of sp³-hybridized carbons (Fsp3) is 0. The third-order valence-corrected chi connectivity index (χ3v) is 2.87. The van der Waals surface area contributed by atoms with Gasteiger partial charge < -0.3 is 11.5 Å². The van der Waals surface area contributed by atoms with Crippen LogP contribution >= 0.6 is 11.5 Å². The van der Waals surface area contributed by atoms with Crippen molar-refractivity contribution in [2.45, 2.75) is 0 Å². The number of nitrogens with zero attached hydrogens (tertiary/aromatic N) is 5. The SMILES string of the molecule is N#CN(C=N)c1cccc(-c2nsc(N=C(N)N)n2)c1. The van der Waals surface area contributed by atoms with Gasteiger partial charge in [0.2, 0.25) is 5.13 Å². The molecule has 5 N–H and O–H groups in total. The minimum atomic E-state index is -0.0825. The third-order valence-electron chi connectivity index (χ3n) is 2.26. The maximum Gasteiger partial charge on any atom is 0.232 e. The molecule has 0 aliphatic heterocycles. The summed E-state index contributed by atoms with van der Waals surface area (Å²) in [6.07, 6.45) is 2.80. The van der Waals surface area contributed by atoms with E-state index in [1.54, 1.807) is 24.3 Å². The first-order chi connectivity index (χ1) is 9.63. The van der Waals surface area contributed by atoms with Crippen molar-refractivity contribution in [3.63, 3.8) is 0 Å². The fourth-order valence-electron chi connectivity index (χ4n) is 1.44. The number of nitrogens with two attached hydrogens (primary N) is 2. The zero-order chi connectivity index (χ0) is 14.5. The average Bonchev–Trinajstić information content (AvgIpc) is 2.88. The van der Waals surface area contributed by atoms with Gasteiger partial charge in [0.15, 0.2) is 18.0 Å². The number of anilines is 1. The molecule has 0 amide bonds. The summed E-state index contributed by atoms with van der Waals surface area (Å²) in [6, 6.07) is 6.96. The van der Waals surface area contributed by atoms with Gasteiger partial charge in [-0.25, -0.2) is 4.90 Å². The number of benzene rings is 1. The number of nitriles is 1. The van der Waals surface area contributed by atoms with E-state index in [0.717, 1.165) is 22.8 Å². The minimum Gasteiger partial charge on any atom is -0.370 e. The number of hydrogen-bond acceptors (Lipinski definition) is 6. The number of aromatic nitrogens is 2. The molecule has 2 rings (SSSR count). The van der Waals surface area contributed by atoms with Crippen LogP contribution in [-0.4, -0.2) is 21.7 Å². The van der Waals surface area contributed by atoms with Gasteiger partial charge in [-0.05, 0) is 12.1 Å². The van der Waals surface area contributed by atoms with E-state index in [1.165, 1.54) is 0 Å². The number of rotatable bonds is 4. The molecular weight excluding hydrogens is 276 g/mol. The van der Waals surface area contributed by atoms with E-state index in [0.29, 0.717) is 22.2 Å². The van der Waals surface area contributed by atoms with Crippen molar-refractivity contribution in [2.24, 2.45) is 16.5 Å². The van der Waals surface area contributed by atoms with Crippen LogP contribution in [0.15, 0.2) is 29.3 Å². The Labute approximate surface area is 118 Å². The van der Waals surface area contributed by atoms with Gasteiger partial charge >= 0.3 is 0 Å². The van der Waals surface area contributed by atoms with E-state index >= 15 is 0 Å². The van der Waals surface area contributed by atoms with Crippen molar-refractivity contribution in [1.82, 2.24) is 9.36 Å². The van der Waals surface area contributed by atoms with Gasteiger partial charge in [-0.15, -0.1) is 0 Å². The molecule has 0 saturated heterocycles. The van der Waals surface area contributed by atoms with Gasteiger partial charge in [0.25, 0.3) is 0 Å². The Morgan fingerprint density at radius 2 is 2.30 bits per heavy atom. The summed E-state index contributed by atoms with van der Waals surface area (Å²) in [4.78, 5) is 9.11. The topological polar surface area (TPSA) is 141 Å². The Morgan fingerprint density at radius 1 is 1.50 bits per heavy atom. The summed E-state index contributed by atoms with van der Waals surface area (Å²) >= 11 is 1.07. The Balaban J connectivity index is 2.36. The van der Waals surface area contributed by atoms with E-state index < -0.39 is 0 Å². The third kappa shape index (κ3) is 2.88. The molecule has 9 heteroatoms. The molecule has 8 nitrogen and oxygen atoms in total. The Bertz CT molecular complexity index is 694. The van der Waals surface area contributed by atoms with Crippen LogP contribution in [0.1, 0.15) is 0 Å². The van der Waals surface area contributed by atoms with Crippen LogP contribution < -0.4 is 16.4 Å². The molecular formula is C11H10N8S. The Morgan fingerprint density at radius 3 is 2.95 bits per heavy atom. The van der Waals surface area contributed by atoms with Gasteiger partial charge in [0.1, 0.15) is 6.34 Å². The highest BCUT2D eigenvalue weighted by Crippen LogP contribution is 2.25. The molecule has 1 heterocycles. The van der Waals surface area contributed by atoms with Crippen molar-refractivity contribution >= 4 is 34.6 Å². The molecule has 0 bridgehead atoms. The highest BCUT2D eigenvalue weighted by atomic mass is 32.1. The van der Waals surface area contributed by atoms with E-state index in [4.69, 9.17) is 22.1 Å². The first-order valence-corrected chi connectivity index (χ1v) is 6.14. The molecule has 1 aromatic carbocycles. The second kappa shape index (κ2) is 5.77. The molecule has 0 fully saturated rings. The maximum absolute atomic E-state index is 8.89. The Hall–Kier alpha value is -2.99. The van der Waals surface area contributed by atoms with Gasteiger partial charge in [0.05, 0.1) is 5.69 Å². The van der Waals surface area contributed by atoms with Crippen LogP contribution in [-0.2, 0) is 0 Å². The quantitative estimate of drug-likeness (QED) is 0.331. The normalized spacial score (nSPS) is 9.55. The van der Waals surface area contributed by atoms with Crippen molar-refractivity contribution < 1.29 is 0 Å². The number of aliphatic imine (C=N–C) groups is 1. The van der Waals surface area contributed by atoms with Crippen molar-refractivity contribution in [2.75, 3.05) is 4.90 Å². The van der Waals surface area contributed by atoms with Gasteiger partial charge in [-0.2, -0.15) is 19.6 Å². The highest BCUT2D eigenvalue weighted by Gasteiger charge is 2.09. The summed E-state index contributed by atoms with van der Waals surface area (Å²) in [7, 11) is 0. The predicted molar refractivity (Wildman–Crippen MR) is 77.7 cm³/mol. The standard InChI is InChI=1S/C11H10N8S/c12-5-19(6-13)8-3-1-2-7(4-8)9-16-11(20-18-9)17-10(14)15/h1-5,12H,(H4,14,15,16,17,18). The summed E-state index contributed by atoms with van der Waals surface area (Å²) in [5.74, 6) is 0.376. The van der Waals surface area contributed by atoms with E-state index in [1.807, 2.05) is 6.19 Å². The largest absolute Gasteiger partial charge is 0.370 e. The molecule has 0 radical (unpaired) electrons. The summed E-state index contributed by atoms with van der Waals surface area (Å²) in [6.45, 7) is 0. The van der Waals surface area contributed by atoms with Crippen LogP contribution in [0.3, 0.4) is 0 Å². The monoisotopic (exact) mass is 286 g/mol. The molecule has 0 saturated carbocycles. The molecule has 1 aromatic heterocycles. The summed E-state index contributed by atoms with van der Waals surface area (Å²) < 4.78 is 4.15. The molecule has 100 valence electrons. The lowest BCUT2D eigenvalue weighted by molar-refractivity contribution is 1.28. The lowest BCUT2D eigenvalue weighted by atomic mass is 10.2. The predicted octanol–water partition coefficient (Wildman–Crippen LogP) is 1.00.